The monoisotopic (exact) mass is 329 g/mol. The average molecular weight is 329 g/mol. The molecule has 1 atom stereocenters. The molecule has 120 valence electrons. The third-order valence-electron chi connectivity index (χ3n) is 3.76. The number of benzene rings is 2. The highest BCUT2D eigenvalue weighted by molar-refractivity contribution is 7.99. The molecule has 0 saturated heterocycles. The average Bonchev–Trinajstić information content (AvgIpc) is 3.01. The first-order valence-electron chi connectivity index (χ1n) is 7.50. The Labute approximate surface area is 140 Å². The number of thioether (sulfide) groups is 1. The summed E-state index contributed by atoms with van der Waals surface area (Å²) in [6, 6.07) is 13.7. The molecule has 23 heavy (non-hydrogen) atoms. The molecule has 0 aromatic heterocycles. The Morgan fingerprint density at radius 3 is 2.83 bits per heavy atom. The zero-order chi connectivity index (χ0) is 16.2. The molecule has 1 aliphatic heterocycles. The van der Waals surface area contributed by atoms with Gasteiger partial charge in [0.1, 0.15) is 0 Å². The number of carbonyl (C=O) groups excluding carboxylic acids is 1. The van der Waals surface area contributed by atoms with Crippen LogP contribution in [0.5, 0.6) is 11.5 Å². The second-order valence-electron chi connectivity index (χ2n) is 5.44. The highest BCUT2D eigenvalue weighted by Crippen LogP contribution is 2.34. The van der Waals surface area contributed by atoms with Crippen LogP contribution in [0.3, 0.4) is 0 Å². The molecule has 0 spiro atoms. The van der Waals surface area contributed by atoms with Gasteiger partial charge in [-0.2, -0.15) is 0 Å². The minimum Gasteiger partial charge on any atom is -0.454 e. The van der Waals surface area contributed by atoms with Gasteiger partial charge in [0.15, 0.2) is 11.5 Å². The molecule has 1 N–H and O–H groups in total. The Balaban J connectivity index is 1.56. The molecule has 3 rings (SSSR count). The van der Waals surface area contributed by atoms with Gasteiger partial charge in [-0.25, -0.2) is 0 Å². The predicted molar refractivity (Wildman–Crippen MR) is 93.1 cm³/mol. The number of hydrogen-bond donors (Lipinski definition) is 1. The van der Waals surface area contributed by atoms with Gasteiger partial charge in [0.2, 0.25) is 12.7 Å². The summed E-state index contributed by atoms with van der Waals surface area (Å²) in [6.45, 7) is 4.24. The fourth-order valence-electron chi connectivity index (χ4n) is 2.28. The summed E-state index contributed by atoms with van der Waals surface area (Å²) < 4.78 is 10.6. The molecule has 0 radical (unpaired) electrons. The maximum atomic E-state index is 12.3. The summed E-state index contributed by atoms with van der Waals surface area (Å²) in [7, 11) is 0. The van der Waals surface area contributed by atoms with Crippen molar-refractivity contribution in [3.8, 4) is 11.5 Å². The number of hydrogen-bond acceptors (Lipinski definition) is 4. The summed E-state index contributed by atoms with van der Waals surface area (Å²) >= 11 is 1.63. The summed E-state index contributed by atoms with van der Waals surface area (Å²) in [5, 5.41) is 2.79. The molecule has 1 aliphatic rings. The van der Waals surface area contributed by atoms with Crippen LogP contribution in [0.25, 0.3) is 0 Å². The zero-order valence-corrected chi connectivity index (χ0v) is 14.0. The van der Waals surface area contributed by atoms with Crippen LogP contribution in [0.1, 0.15) is 18.1 Å². The molecule has 0 saturated carbocycles. The van der Waals surface area contributed by atoms with Crippen molar-refractivity contribution < 1.29 is 14.3 Å². The van der Waals surface area contributed by atoms with E-state index in [0.717, 1.165) is 11.4 Å². The van der Waals surface area contributed by atoms with E-state index >= 15 is 0 Å². The molecule has 0 unspecified atom stereocenters. The predicted octanol–water partition coefficient (Wildman–Crippen LogP) is 3.98. The van der Waals surface area contributed by atoms with Gasteiger partial charge in [0, 0.05) is 17.5 Å². The van der Waals surface area contributed by atoms with Gasteiger partial charge in [-0.3, -0.25) is 4.79 Å². The Hall–Kier alpha value is -2.14. The van der Waals surface area contributed by atoms with Crippen LogP contribution in [0, 0.1) is 6.92 Å². The standard InChI is InChI=1S/C18H19NO3S/c1-12-5-3-4-6-14(12)10-23-13(2)18(20)19-15-7-8-16-17(9-15)22-11-21-16/h3-9,13H,10-11H2,1-2H3,(H,19,20)/t13-/m0/s1. The Bertz CT molecular complexity index is 717. The van der Waals surface area contributed by atoms with Crippen LogP contribution in [-0.4, -0.2) is 18.0 Å². The van der Waals surface area contributed by atoms with Gasteiger partial charge in [-0.1, -0.05) is 24.3 Å². The Morgan fingerprint density at radius 2 is 2.00 bits per heavy atom. The third-order valence-corrected chi connectivity index (χ3v) is 4.95. The van der Waals surface area contributed by atoms with E-state index in [0.29, 0.717) is 11.5 Å². The molecular formula is C18H19NO3S. The zero-order valence-electron chi connectivity index (χ0n) is 13.2. The number of fused-ring (bicyclic) bond motifs is 1. The molecule has 0 fully saturated rings. The van der Waals surface area contributed by atoms with Crippen molar-refractivity contribution in [3.05, 3.63) is 53.6 Å². The first kappa shape index (κ1) is 15.7. The van der Waals surface area contributed by atoms with Gasteiger partial charge in [0.25, 0.3) is 0 Å². The lowest BCUT2D eigenvalue weighted by atomic mass is 10.1. The van der Waals surface area contributed by atoms with E-state index in [1.165, 1.54) is 11.1 Å². The van der Waals surface area contributed by atoms with Crippen LogP contribution in [0.15, 0.2) is 42.5 Å². The quantitative estimate of drug-likeness (QED) is 0.901. The molecule has 2 aromatic carbocycles. The van der Waals surface area contributed by atoms with Gasteiger partial charge < -0.3 is 14.8 Å². The lowest BCUT2D eigenvalue weighted by molar-refractivity contribution is -0.115. The Morgan fingerprint density at radius 1 is 1.22 bits per heavy atom. The number of nitrogens with one attached hydrogen (secondary N) is 1. The summed E-state index contributed by atoms with van der Waals surface area (Å²) in [5.41, 5.74) is 3.24. The Kier molecular flexibility index (Phi) is 4.76. The van der Waals surface area contributed by atoms with Crippen molar-refractivity contribution in [3.63, 3.8) is 0 Å². The van der Waals surface area contributed by atoms with Crippen molar-refractivity contribution >= 4 is 23.4 Å². The maximum absolute atomic E-state index is 12.3. The van der Waals surface area contributed by atoms with Crippen LogP contribution < -0.4 is 14.8 Å². The van der Waals surface area contributed by atoms with E-state index in [4.69, 9.17) is 9.47 Å². The van der Waals surface area contributed by atoms with E-state index < -0.39 is 0 Å². The molecule has 5 heteroatoms. The van der Waals surface area contributed by atoms with Crippen molar-refractivity contribution in [1.82, 2.24) is 0 Å². The SMILES string of the molecule is Cc1ccccc1CS[C@@H](C)C(=O)Nc1ccc2c(c1)OCO2. The summed E-state index contributed by atoms with van der Waals surface area (Å²) in [5.74, 6) is 2.19. The number of aryl methyl sites for hydroxylation is 1. The van der Waals surface area contributed by atoms with E-state index in [1.54, 1.807) is 17.8 Å². The summed E-state index contributed by atoms with van der Waals surface area (Å²) in [4.78, 5) is 12.3. The van der Waals surface area contributed by atoms with Gasteiger partial charge in [-0.15, -0.1) is 11.8 Å². The summed E-state index contributed by atoms with van der Waals surface area (Å²) in [6.07, 6.45) is 0. The highest BCUT2D eigenvalue weighted by atomic mass is 32.2. The number of ether oxygens (including phenoxy) is 2. The first-order valence-corrected chi connectivity index (χ1v) is 8.55. The van der Waals surface area contributed by atoms with Crippen LogP contribution >= 0.6 is 11.8 Å². The lowest BCUT2D eigenvalue weighted by Crippen LogP contribution is -2.22. The van der Waals surface area contributed by atoms with Crippen molar-refractivity contribution in [2.45, 2.75) is 24.9 Å². The molecule has 0 aliphatic carbocycles. The molecule has 1 amide bonds. The maximum Gasteiger partial charge on any atom is 0.237 e. The highest BCUT2D eigenvalue weighted by Gasteiger charge is 2.17. The number of anilines is 1. The normalized spacial score (nSPS) is 13.7. The topological polar surface area (TPSA) is 47.6 Å². The van der Waals surface area contributed by atoms with Gasteiger partial charge in [-0.05, 0) is 37.1 Å². The molecular weight excluding hydrogens is 310 g/mol. The molecule has 0 bridgehead atoms. The van der Waals surface area contributed by atoms with E-state index in [2.05, 4.69) is 24.4 Å². The van der Waals surface area contributed by atoms with Crippen molar-refractivity contribution in [2.24, 2.45) is 0 Å². The second kappa shape index (κ2) is 6.96. The fraction of sp³-hybridized carbons (Fsp3) is 0.278. The second-order valence-corrected chi connectivity index (χ2v) is 6.77. The van der Waals surface area contributed by atoms with Crippen LogP contribution in [-0.2, 0) is 10.5 Å². The number of amides is 1. The lowest BCUT2D eigenvalue weighted by Gasteiger charge is -2.13. The number of rotatable bonds is 5. The minimum absolute atomic E-state index is 0.0116. The number of carbonyl (C=O) groups is 1. The molecule has 4 nitrogen and oxygen atoms in total. The third kappa shape index (κ3) is 3.79. The first-order chi connectivity index (χ1) is 11.1. The van der Waals surface area contributed by atoms with Gasteiger partial charge >= 0.3 is 0 Å². The molecule has 2 aromatic rings. The van der Waals surface area contributed by atoms with Crippen LogP contribution in [0.2, 0.25) is 0 Å². The van der Waals surface area contributed by atoms with E-state index in [-0.39, 0.29) is 18.0 Å². The van der Waals surface area contributed by atoms with Crippen molar-refractivity contribution in [2.75, 3.05) is 12.1 Å². The van der Waals surface area contributed by atoms with Gasteiger partial charge in [0.05, 0.1) is 5.25 Å². The smallest absolute Gasteiger partial charge is 0.237 e. The van der Waals surface area contributed by atoms with Crippen LogP contribution in [0.4, 0.5) is 5.69 Å². The van der Waals surface area contributed by atoms with Crippen molar-refractivity contribution in [1.29, 1.82) is 0 Å². The van der Waals surface area contributed by atoms with E-state index in [9.17, 15) is 4.79 Å². The minimum atomic E-state index is -0.139. The largest absolute Gasteiger partial charge is 0.454 e. The fourth-order valence-corrected chi connectivity index (χ4v) is 3.24. The van der Waals surface area contributed by atoms with E-state index in [1.807, 2.05) is 31.2 Å². The molecule has 1 heterocycles.